The lowest BCUT2D eigenvalue weighted by molar-refractivity contribution is 0.127. The Bertz CT molecular complexity index is 416. The number of hydrogen-bond donors (Lipinski definition) is 3. The zero-order valence-electron chi connectivity index (χ0n) is 7.14. The lowest BCUT2D eigenvalue weighted by atomic mass is 10.1. The molecule has 0 amide bonds. The number of aliphatic hydroxyl groups excluding tert-OH is 1. The number of para-hydroxylation sites is 1. The number of hydrogen-bond acceptors (Lipinski definition) is 5. The van der Waals surface area contributed by atoms with E-state index >= 15 is 0 Å². The molecule has 0 bridgehead atoms. The van der Waals surface area contributed by atoms with E-state index in [1.807, 2.05) is 0 Å². The highest BCUT2D eigenvalue weighted by atomic mass is 16.4. The van der Waals surface area contributed by atoms with Crippen LogP contribution in [0.1, 0.15) is 5.56 Å². The van der Waals surface area contributed by atoms with Crippen LogP contribution in [0.2, 0.25) is 0 Å². The lowest BCUT2D eigenvalue weighted by Gasteiger charge is -2.25. The highest BCUT2D eigenvalue weighted by Gasteiger charge is 2.31. The second-order valence-corrected chi connectivity index (χ2v) is 3.02. The van der Waals surface area contributed by atoms with E-state index in [0.29, 0.717) is 11.3 Å². The molecule has 14 heavy (non-hydrogen) atoms. The minimum atomic E-state index is -2.06. The van der Waals surface area contributed by atoms with Crippen molar-refractivity contribution in [2.45, 2.75) is 5.85 Å². The summed E-state index contributed by atoms with van der Waals surface area (Å²) in [5.74, 6) is -2.22. The van der Waals surface area contributed by atoms with Gasteiger partial charge in [0, 0.05) is 17.3 Å². The van der Waals surface area contributed by atoms with Crippen molar-refractivity contribution >= 4 is 11.4 Å². The smallest absolute Gasteiger partial charge is 0.297 e. The molecule has 1 aromatic carbocycles. The fourth-order valence-electron chi connectivity index (χ4n) is 1.37. The van der Waals surface area contributed by atoms with E-state index in [9.17, 15) is 15.1 Å². The molecule has 0 radical (unpaired) electrons. The first-order valence-electron chi connectivity index (χ1n) is 4.01. The lowest BCUT2D eigenvalue weighted by Crippen LogP contribution is -2.36. The monoisotopic (exact) mass is 192 g/mol. The van der Waals surface area contributed by atoms with Crippen molar-refractivity contribution in [2.75, 3.05) is 5.32 Å². The average molecular weight is 192 g/mol. The Labute approximate surface area is 79.7 Å². The van der Waals surface area contributed by atoms with Gasteiger partial charge in [-0.2, -0.15) is 0 Å². The summed E-state index contributed by atoms with van der Waals surface area (Å²) >= 11 is 0. The van der Waals surface area contributed by atoms with Crippen LogP contribution >= 0.6 is 0 Å². The third kappa shape index (κ3) is 1.23. The van der Waals surface area contributed by atoms with Crippen LogP contribution in [-0.2, 0) is 0 Å². The summed E-state index contributed by atoms with van der Waals surface area (Å²) in [7, 11) is 0. The molecule has 1 aliphatic rings. The Morgan fingerprint density at radius 1 is 1.36 bits per heavy atom. The summed E-state index contributed by atoms with van der Waals surface area (Å²) in [4.78, 5) is 10.3. The molecule has 0 fully saturated rings. The number of aliphatic hydroxyl groups is 2. The Morgan fingerprint density at radius 2 is 2.07 bits per heavy atom. The van der Waals surface area contributed by atoms with Crippen LogP contribution in [0.5, 0.6) is 0 Å². The van der Waals surface area contributed by atoms with Crippen LogP contribution in [0.25, 0.3) is 5.76 Å². The normalized spacial score (nSPS) is 24.5. The molecule has 0 spiro atoms. The molecule has 0 saturated carbocycles. The molecule has 1 aliphatic heterocycles. The summed E-state index contributed by atoms with van der Waals surface area (Å²) in [6.45, 7) is 0. The minimum absolute atomic E-state index is 0.165. The van der Waals surface area contributed by atoms with Gasteiger partial charge in [-0.15, -0.1) is 4.91 Å². The van der Waals surface area contributed by atoms with Crippen LogP contribution in [-0.4, -0.2) is 16.1 Å². The first-order chi connectivity index (χ1) is 6.64. The third-order valence-corrected chi connectivity index (χ3v) is 2.00. The summed E-state index contributed by atoms with van der Waals surface area (Å²) < 4.78 is 0. The second-order valence-electron chi connectivity index (χ2n) is 3.02. The second kappa shape index (κ2) is 2.81. The Kier molecular flexibility index (Phi) is 1.75. The van der Waals surface area contributed by atoms with Crippen molar-refractivity contribution < 1.29 is 10.2 Å². The van der Waals surface area contributed by atoms with Crippen molar-refractivity contribution in [2.24, 2.45) is 5.18 Å². The van der Waals surface area contributed by atoms with E-state index in [4.69, 9.17) is 0 Å². The van der Waals surface area contributed by atoms with Crippen molar-refractivity contribution in [3.63, 3.8) is 0 Å². The van der Waals surface area contributed by atoms with E-state index in [0.717, 1.165) is 6.08 Å². The molecule has 1 aromatic rings. The van der Waals surface area contributed by atoms with Crippen LogP contribution in [0.4, 0.5) is 5.69 Å². The molecule has 2 rings (SSSR count). The van der Waals surface area contributed by atoms with Gasteiger partial charge in [0.1, 0.15) is 5.76 Å². The third-order valence-electron chi connectivity index (χ3n) is 2.00. The van der Waals surface area contributed by atoms with Gasteiger partial charge in [-0.25, -0.2) is 0 Å². The molecule has 5 nitrogen and oxygen atoms in total. The molecule has 0 saturated heterocycles. The first kappa shape index (κ1) is 8.71. The van der Waals surface area contributed by atoms with Crippen LogP contribution in [0.15, 0.2) is 35.5 Å². The fourth-order valence-corrected chi connectivity index (χ4v) is 1.37. The Hall–Kier alpha value is -1.88. The highest BCUT2D eigenvalue weighted by Crippen LogP contribution is 2.31. The average Bonchev–Trinajstić information content (AvgIpc) is 2.18. The first-order valence-corrected chi connectivity index (χ1v) is 4.01. The van der Waals surface area contributed by atoms with Gasteiger partial charge < -0.3 is 15.5 Å². The molecular formula is C9H8N2O3. The van der Waals surface area contributed by atoms with Gasteiger partial charge in [0.05, 0.1) is 0 Å². The molecule has 3 N–H and O–H groups in total. The molecule has 0 aromatic heterocycles. The molecule has 0 aliphatic carbocycles. The van der Waals surface area contributed by atoms with E-state index in [1.54, 1.807) is 24.3 Å². The topological polar surface area (TPSA) is 81.9 Å². The van der Waals surface area contributed by atoms with Crippen LogP contribution < -0.4 is 5.32 Å². The SMILES string of the molecule is O=NC1(O)C=C(O)c2ccccc2N1. The number of benzene rings is 1. The molecule has 5 heteroatoms. The van der Waals surface area contributed by atoms with E-state index in [-0.39, 0.29) is 5.76 Å². The largest absolute Gasteiger partial charge is 0.507 e. The maximum atomic E-state index is 10.3. The predicted octanol–water partition coefficient (Wildman–Crippen LogP) is 1.42. The van der Waals surface area contributed by atoms with E-state index in [1.165, 1.54) is 0 Å². The van der Waals surface area contributed by atoms with E-state index in [2.05, 4.69) is 10.5 Å². The van der Waals surface area contributed by atoms with Crippen molar-refractivity contribution in [1.29, 1.82) is 0 Å². The number of fused-ring (bicyclic) bond motifs is 1. The van der Waals surface area contributed by atoms with E-state index < -0.39 is 5.85 Å². The van der Waals surface area contributed by atoms with Crippen LogP contribution in [0, 0.1) is 4.91 Å². The van der Waals surface area contributed by atoms with Crippen LogP contribution in [0.3, 0.4) is 0 Å². The Balaban J connectivity index is 2.54. The molecule has 1 heterocycles. The standard InChI is InChI=1S/C9H8N2O3/c12-8-5-9(13,11-14)10-7-4-2-1-3-6(7)8/h1-5,10,12-13H. The maximum absolute atomic E-state index is 10.3. The number of rotatable bonds is 1. The zero-order chi connectivity index (χ0) is 10.2. The van der Waals surface area contributed by atoms with Gasteiger partial charge in [-0.1, -0.05) is 12.1 Å². The fraction of sp³-hybridized carbons (Fsp3) is 0.111. The van der Waals surface area contributed by atoms with Crippen molar-refractivity contribution in [3.8, 4) is 0 Å². The van der Waals surface area contributed by atoms with Gasteiger partial charge in [0.2, 0.25) is 0 Å². The summed E-state index contributed by atoms with van der Waals surface area (Å²) in [6, 6.07) is 6.76. The van der Waals surface area contributed by atoms with Gasteiger partial charge in [-0.3, -0.25) is 0 Å². The van der Waals surface area contributed by atoms with Gasteiger partial charge in [0.25, 0.3) is 5.85 Å². The summed E-state index contributed by atoms with van der Waals surface area (Å²) in [6.07, 6.45) is 0.961. The summed E-state index contributed by atoms with van der Waals surface area (Å²) in [5, 5.41) is 23.9. The number of anilines is 1. The van der Waals surface area contributed by atoms with Gasteiger partial charge in [-0.05, 0) is 17.3 Å². The molecule has 1 atom stereocenters. The summed E-state index contributed by atoms with van der Waals surface area (Å²) in [5.41, 5.74) is 0.996. The zero-order valence-corrected chi connectivity index (χ0v) is 7.14. The Morgan fingerprint density at radius 3 is 2.79 bits per heavy atom. The molecule has 72 valence electrons. The van der Waals surface area contributed by atoms with Gasteiger partial charge in [0.15, 0.2) is 0 Å². The minimum Gasteiger partial charge on any atom is -0.507 e. The van der Waals surface area contributed by atoms with Gasteiger partial charge >= 0.3 is 0 Å². The molecule has 1 unspecified atom stereocenters. The van der Waals surface area contributed by atoms with Crippen molar-refractivity contribution in [3.05, 3.63) is 40.8 Å². The maximum Gasteiger partial charge on any atom is 0.297 e. The number of nitrogens with zero attached hydrogens (tertiary/aromatic N) is 1. The quantitative estimate of drug-likeness (QED) is 0.588. The number of nitrogens with one attached hydrogen (secondary N) is 1. The van der Waals surface area contributed by atoms with Crippen molar-refractivity contribution in [1.82, 2.24) is 0 Å². The number of nitroso groups, excluding NO2 is 1. The predicted molar refractivity (Wildman–Crippen MR) is 51.4 cm³/mol. The highest BCUT2D eigenvalue weighted by molar-refractivity contribution is 5.76. The molecular weight excluding hydrogens is 184 g/mol.